The van der Waals surface area contributed by atoms with Gasteiger partial charge in [0.15, 0.2) is 0 Å². The number of amides is 2. The van der Waals surface area contributed by atoms with E-state index in [4.69, 9.17) is 14.9 Å². The lowest BCUT2D eigenvalue weighted by Gasteiger charge is -2.23. The van der Waals surface area contributed by atoms with Crippen LogP contribution in [0.3, 0.4) is 0 Å². The summed E-state index contributed by atoms with van der Waals surface area (Å²) in [5.74, 6) is -2.06. The number of ether oxygens (including phenoxy) is 1. The number of aliphatic carboxylic acids is 2. The summed E-state index contributed by atoms with van der Waals surface area (Å²) in [5.41, 5.74) is -1.16. The van der Waals surface area contributed by atoms with Gasteiger partial charge in [-0.05, 0) is 26.0 Å². The van der Waals surface area contributed by atoms with Gasteiger partial charge in [-0.2, -0.15) is 0 Å². The third-order valence-electron chi connectivity index (χ3n) is 3.13. The molecule has 4 N–H and O–H groups in total. The maximum absolute atomic E-state index is 11.9. The first-order valence-electron chi connectivity index (χ1n) is 7.00. The van der Waals surface area contributed by atoms with Crippen LogP contribution in [0.1, 0.15) is 20.3 Å². The SMILES string of the molecule is CCOc1ccccc1NC(=O)NCC(C)(CC(=O)O)C(=O)O. The third-order valence-corrected chi connectivity index (χ3v) is 3.13. The number of carboxylic acid groups (broad SMARTS) is 2. The average molecular weight is 324 g/mol. The van der Waals surface area contributed by atoms with Gasteiger partial charge in [0.2, 0.25) is 0 Å². The number of para-hydroxylation sites is 2. The van der Waals surface area contributed by atoms with Crippen molar-refractivity contribution in [2.24, 2.45) is 5.41 Å². The van der Waals surface area contributed by atoms with Crippen LogP contribution in [-0.2, 0) is 9.59 Å². The van der Waals surface area contributed by atoms with Crippen molar-refractivity contribution in [1.29, 1.82) is 0 Å². The zero-order valence-electron chi connectivity index (χ0n) is 13.0. The van der Waals surface area contributed by atoms with E-state index in [1.54, 1.807) is 31.2 Å². The van der Waals surface area contributed by atoms with E-state index in [1.807, 2.05) is 0 Å². The fourth-order valence-electron chi connectivity index (χ4n) is 1.84. The van der Waals surface area contributed by atoms with Gasteiger partial charge in [0.1, 0.15) is 5.75 Å². The number of carbonyl (C=O) groups excluding carboxylic acids is 1. The molecule has 0 radical (unpaired) electrons. The lowest BCUT2D eigenvalue weighted by molar-refractivity contribution is -0.154. The number of anilines is 1. The fraction of sp³-hybridized carbons (Fsp3) is 0.400. The van der Waals surface area contributed by atoms with Crippen LogP contribution in [0.4, 0.5) is 10.5 Å². The minimum Gasteiger partial charge on any atom is -0.492 e. The number of urea groups is 1. The van der Waals surface area contributed by atoms with E-state index in [0.717, 1.165) is 0 Å². The topological polar surface area (TPSA) is 125 Å². The van der Waals surface area contributed by atoms with Crippen LogP contribution in [0.2, 0.25) is 0 Å². The molecule has 1 atom stereocenters. The summed E-state index contributed by atoms with van der Waals surface area (Å²) in [4.78, 5) is 33.9. The molecule has 23 heavy (non-hydrogen) atoms. The Kier molecular flexibility index (Phi) is 6.37. The summed E-state index contributed by atoms with van der Waals surface area (Å²) in [5, 5.41) is 22.9. The molecule has 1 aromatic carbocycles. The number of nitrogens with one attached hydrogen (secondary N) is 2. The van der Waals surface area contributed by atoms with Gasteiger partial charge >= 0.3 is 18.0 Å². The van der Waals surface area contributed by atoms with Crippen molar-refractivity contribution in [3.8, 4) is 5.75 Å². The monoisotopic (exact) mass is 324 g/mol. The second-order valence-electron chi connectivity index (χ2n) is 5.17. The molecule has 0 saturated heterocycles. The summed E-state index contributed by atoms with van der Waals surface area (Å²) in [6.07, 6.45) is -0.599. The zero-order valence-corrected chi connectivity index (χ0v) is 13.0. The summed E-state index contributed by atoms with van der Waals surface area (Å²) < 4.78 is 5.36. The van der Waals surface area contributed by atoms with E-state index in [0.29, 0.717) is 18.0 Å². The van der Waals surface area contributed by atoms with Gasteiger partial charge in [-0.3, -0.25) is 9.59 Å². The Morgan fingerprint density at radius 2 is 1.87 bits per heavy atom. The van der Waals surface area contributed by atoms with Crippen molar-refractivity contribution in [3.63, 3.8) is 0 Å². The molecule has 0 aliphatic carbocycles. The molecule has 1 aromatic rings. The average Bonchev–Trinajstić information content (AvgIpc) is 2.47. The maximum Gasteiger partial charge on any atom is 0.319 e. The summed E-state index contributed by atoms with van der Waals surface area (Å²) >= 11 is 0. The number of hydrogen-bond donors (Lipinski definition) is 4. The first-order chi connectivity index (χ1) is 10.8. The number of carboxylic acids is 2. The van der Waals surface area contributed by atoms with Crippen molar-refractivity contribution >= 4 is 23.7 Å². The molecule has 2 amide bonds. The third kappa shape index (κ3) is 5.50. The standard InChI is InChI=1S/C15H20N2O6/c1-3-23-11-7-5-4-6-10(11)17-14(22)16-9-15(2,13(20)21)8-12(18)19/h4-7H,3,8-9H2,1-2H3,(H,18,19)(H,20,21)(H2,16,17,22). The lowest BCUT2D eigenvalue weighted by atomic mass is 9.87. The molecular formula is C15H20N2O6. The Morgan fingerprint density at radius 3 is 2.43 bits per heavy atom. The van der Waals surface area contributed by atoms with Crippen LogP contribution < -0.4 is 15.4 Å². The highest BCUT2D eigenvalue weighted by Gasteiger charge is 2.36. The molecule has 0 aliphatic heterocycles. The fourth-order valence-corrected chi connectivity index (χ4v) is 1.84. The molecule has 8 heteroatoms. The summed E-state index contributed by atoms with van der Waals surface area (Å²) in [7, 11) is 0. The Bertz CT molecular complexity index is 589. The Morgan fingerprint density at radius 1 is 1.22 bits per heavy atom. The first kappa shape index (κ1) is 18.3. The van der Waals surface area contributed by atoms with Crippen molar-refractivity contribution < 1.29 is 29.3 Å². The largest absolute Gasteiger partial charge is 0.492 e. The van der Waals surface area contributed by atoms with Gasteiger partial charge in [-0.25, -0.2) is 4.79 Å². The van der Waals surface area contributed by atoms with Gasteiger partial charge in [0.05, 0.1) is 24.1 Å². The second-order valence-corrected chi connectivity index (χ2v) is 5.17. The summed E-state index contributed by atoms with van der Waals surface area (Å²) in [6.45, 7) is 3.17. The van der Waals surface area contributed by atoms with E-state index >= 15 is 0 Å². The van der Waals surface area contributed by atoms with Gasteiger partial charge in [-0.15, -0.1) is 0 Å². The van der Waals surface area contributed by atoms with Gasteiger partial charge in [0.25, 0.3) is 0 Å². The molecule has 0 heterocycles. The van der Waals surface area contributed by atoms with Crippen molar-refractivity contribution in [1.82, 2.24) is 5.32 Å². The molecule has 0 fully saturated rings. The molecule has 0 saturated carbocycles. The predicted octanol–water partition coefficient (Wildman–Crippen LogP) is 1.77. The van der Waals surface area contributed by atoms with Gasteiger partial charge in [0, 0.05) is 6.54 Å². The van der Waals surface area contributed by atoms with Crippen molar-refractivity contribution in [3.05, 3.63) is 24.3 Å². The lowest BCUT2D eigenvalue weighted by Crippen LogP contribution is -2.43. The van der Waals surface area contributed by atoms with E-state index in [1.165, 1.54) is 6.92 Å². The second kappa shape index (κ2) is 8.02. The molecule has 0 spiro atoms. The van der Waals surface area contributed by atoms with Gasteiger partial charge < -0.3 is 25.6 Å². The smallest absolute Gasteiger partial charge is 0.319 e. The summed E-state index contributed by atoms with van der Waals surface area (Å²) in [6, 6.07) is 6.14. The minimum absolute atomic E-state index is 0.322. The Labute approximate surface area is 133 Å². The highest BCUT2D eigenvalue weighted by molar-refractivity contribution is 5.91. The molecule has 1 unspecified atom stereocenters. The maximum atomic E-state index is 11.9. The molecular weight excluding hydrogens is 304 g/mol. The number of rotatable bonds is 8. The molecule has 0 aliphatic rings. The zero-order chi connectivity index (χ0) is 17.5. The predicted molar refractivity (Wildman–Crippen MR) is 82.6 cm³/mol. The number of carbonyl (C=O) groups is 3. The minimum atomic E-state index is -1.59. The Hall–Kier alpha value is -2.77. The van der Waals surface area contributed by atoms with Crippen LogP contribution in [-0.4, -0.2) is 41.3 Å². The van der Waals surface area contributed by atoms with Crippen molar-refractivity contribution in [2.75, 3.05) is 18.5 Å². The normalized spacial score (nSPS) is 12.8. The van der Waals surface area contributed by atoms with Crippen LogP contribution >= 0.6 is 0 Å². The van der Waals surface area contributed by atoms with E-state index in [2.05, 4.69) is 10.6 Å². The quantitative estimate of drug-likeness (QED) is 0.577. The van der Waals surface area contributed by atoms with Crippen LogP contribution in [0, 0.1) is 5.41 Å². The Balaban J connectivity index is 2.70. The van der Waals surface area contributed by atoms with Crippen LogP contribution in [0.25, 0.3) is 0 Å². The van der Waals surface area contributed by atoms with E-state index < -0.39 is 29.8 Å². The number of benzene rings is 1. The molecule has 8 nitrogen and oxygen atoms in total. The molecule has 0 bridgehead atoms. The first-order valence-corrected chi connectivity index (χ1v) is 7.00. The van der Waals surface area contributed by atoms with Gasteiger partial charge in [-0.1, -0.05) is 12.1 Å². The van der Waals surface area contributed by atoms with Crippen LogP contribution in [0.15, 0.2) is 24.3 Å². The molecule has 126 valence electrons. The highest BCUT2D eigenvalue weighted by Crippen LogP contribution is 2.24. The molecule has 1 rings (SSSR count). The number of hydrogen-bond acceptors (Lipinski definition) is 4. The highest BCUT2D eigenvalue weighted by atomic mass is 16.5. The van der Waals surface area contributed by atoms with Crippen LogP contribution in [0.5, 0.6) is 5.75 Å². The van der Waals surface area contributed by atoms with E-state index in [-0.39, 0.29) is 6.54 Å². The van der Waals surface area contributed by atoms with Crippen molar-refractivity contribution in [2.45, 2.75) is 20.3 Å². The molecule has 0 aromatic heterocycles. The van der Waals surface area contributed by atoms with E-state index in [9.17, 15) is 14.4 Å².